The van der Waals surface area contributed by atoms with Crippen molar-refractivity contribution in [2.45, 2.75) is 32.4 Å². The summed E-state index contributed by atoms with van der Waals surface area (Å²) in [4.78, 5) is 17.0. The van der Waals surface area contributed by atoms with Crippen molar-refractivity contribution in [1.82, 2.24) is 20.1 Å². The third kappa shape index (κ3) is 3.54. The van der Waals surface area contributed by atoms with Crippen LogP contribution in [0.3, 0.4) is 0 Å². The zero-order chi connectivity index (χ0) is 17.9. The van der Waals surface area contributed by atoms with Crippen molar-refractivity contribution >= 4 is 17.3 Å². The van der Waals surface area contributed by atoms with Crippen molar-refractivity contribution in [1.29, 1.82) is 0 Å². The van der Waals surface area contributed by atoms with Gasteiger partial charge in [-0.05, 0) is 19.8 Å². The minimum atomic E-state index is -0.341. The van der Waals surface area contributed by atoms with E-state index in [2.05, 4.69) is 10.4 Å². The Labute approximate surface area is 155 Å². The second kappa shape index (κ2) is 7.39. The highest BCUT2D eigenvalue weighted by Gasteiger charge is 2.25. The van der Waals surface area contributed by atoms with Gasteiger partial charge in [-0.2, -0.15) is 5.10 Å². The third-order valence-electron chi connectivity index (χ3n) is 4.24. The molecule has 0 saturated heterocycles. The lowest BCUT2D eigenvalue weighted by Crippen LogP contribution is -2.20. The first-order valence-electron chi connectivity index (χ1n) is 8.75. The summed E-state index contributed by atoms with van der Waals surface area (Å²) in [7, 11) is 0. The van der Waals surface area contributed by atoms with Crippen molar-refractivity contribution in [3.63, 3.8) is 0 Å². The highest BCUT2D eigenvalue weighted by atomic mass is 32.1. The number of carbonyl (C=O) groups is 1. The molecule has 2 heterocycles. The van der Waals surface area contributed by atoms with Crippen molar-refractivity contribution in [3.05, 3.63) is 53.2 Å². The Bertz CT molecular complexity index is 899. The molecule has 134 valence electrons. The highest BCUT2D eigenvalue weighted by Crippen LogP contribution is 2.26. The predicted octanol–water partition coefficient (Wildman–Crippen LogP) is 3.42. The van der Waals surface area contributed by atoms with Gasteiger partial charge in [-0.1, -0.05) is 30.3 Å². The Balaban J connectivity index is 1.66. The van der Waals surface area contributed by atoms with Gasteiger partial charge in [-0.3, -0.25) is 0 Å². The summed E-state index contributed by atoms with van der Waals surface area (Å²) in [6.07, 6.45) is 3.93. The number of hydrogen-bond donors (Lipinski definition) is 1. The summed E-state index contributed by atoms with van der Waals surface area (Å²) in [5, 5.41) is 10.6. The number of benzene rings is 1. The number of carbonyl (C=O) groups excluding carboxylic acids is 1. The summed E-state index contributed by atoms with van der Waals surface area (Å²) < 4.78 is 6.93. The summed E-state index contributed by atoms with van der Waals surface area (Å²) in [6, 6.07) is 10.6. The standard InChI is InChI=1S/C19H20N4O2S/c1-2-25-18(24)15-10-21-23(17(15)11-20-14-8-9-14)19-22-16(12-26-19)13-6-4-3-5-7-13/h3-7,10,12,14,20H,2,8-9,11H2,1H3. The van der Waals surface area contributed by atoms with E-state index in [1.54, 1.807) is 17.8 Å². The van der Waals surface area contributed by atoms with Gasteiger partial charge in [0, 0.05) is 23.5 Å². The van der Waals surface area contributed by atoms with Gasteiger partial charge in [0.15, 0.2) is 0 Å². The van der Waals surface area contributed by atoms with E-state index in [1.165, 1.54) is 24.2 Å². The van der Waals surface area contributed by atoms with Gasteiger partial charge in [0.05, 0.1) is 24.2 Å². The van der Waals surface area contributed by atoms with Crippen LogP contribution in [-0.2, 0) is 11.3 Å². The summed E-state index contributed by atoms with van der Waals surface area (Å²) in [6.45, 7) is 2.71. The van der Waals surface area contributed by atoms with Gasteiger partial charge >= 0.3 is 5.97 Å². The fraction of sp³-hybridized carbons (Fsp3) is 0.316. The molecule has 0 amide bonds. The molecule has 0 spiro atoms. The molecule has 1 fully saturated rings. The van der Waals surface area contributed by atoms with E-state index < -0.39 is 0 Å². The van der Waals surface area contributed by atoms with Crippen LogP contribution in [0.5, 0.6) is 0 Å². The zero-order valence-corrected chi connectivity index (χ0v) is 15.3. The minimum absolute atomic E-state index is 0.341. The Hall–Kier alpha value is -2.51. The second-order valence-corrected chi connectivity index (χ2v) is 7.01. The Morgan fingerprint density at radius 1 is 1.35 bits per heavy atom. The molecule has 2 aromatic heterocycles. The summed E-state index contributed by atoms with van der Waals surface area (Å²) in [5.74, 6) is -0.341. The topological polar surface area (TPSA) is 69.0 Å². The van der Waals surface area contributed by atoms with E-state index in [1.807, 2.05) is 35.7 Å². The minimum Gasteiger partial charge on any atom is -0.462 e. The van der Waals surface area contributed by atoms with Gasteiger partial charge in [0.2, 0.25) is 5.13 Å². The first-order valence-corrected chi connectivity index (χ1v) is 9.63. The summed E-state index contributed by atoms with van der Waals surface area (Å²) >= 11 is 1.51. The molecular formula is C19H20N4O2S. The van der Waals surface area contributed by atoms with Crippen LogP contribution in [0.1, 0.15) is 35.8 Å². The molecule has 1 aliphatic rings. The average Bonchev–Trinajstić information content (AvgIpc) is 3.19. The number of aromatic nitrogens is 3. The van der Waals surface area contributed by atoms with Crippen LogP contribution in [0, 0.1) is 0 Å². The molecule has 1 N–H and O–H groups in total. The van der Waals surface area contributed by atoms with Crippen LogP contribution in [-0.4, -0.2) is 33.4 Å². The third-order valence-corrected chi connectivity index (χ3v) is 5.06. The molecule has 1 aromatic carbocycles. The van der Waals surface area contributed by atoms with Crippen molar-refractivity contribution in [2.75, 3.05) is 6.61 Å². The first-order chi connectivity index (χ1) is 12.8. The molecule has 7 heteroatoms. The van der Waals surface area contributed by atoms with Gasteiger partial charge in [-0.25, -0.2) is 14.5 Å². The molecule has 3 aromatic rings. The molecule has 6 nitrogen and oxygen atoms in total. The van der Waals surface area contributed by atoms with Crippen LogP contribution in [0.25, 0.3) is 16.4 Å². The molecule has 0 unspecified atom stereocenters. The number of thiazole rings is 1. The van der Waals surface area contributed by atoms with Crippen LogP contribution >= 0.6 is 11.3 Å². The molecule has 4 rings (SSSR count). The second-order valence-electron chi connectivity index (χ2n) is 6.17. The number of rotatable bonds is 7. The van der Waals surface area contributed by atoms with E-state index in [-0.39, 0.29) is 5.97 Å². The van der Waals surface area contributed by atoms with E-state index >= 15 is 0 Å². The number of esters is 1. The summed E-state index contributed by atoms with van der Waals surface area (Å²) in [5.41, 5.74) is 3.26. The number of ether oxygens (including phenoxy) is 1. The monoisotopic (exact) mass is 368 g/mol. The van der Waals surface area contributed by atoms with Crippen LogP contribution in [0.4, 0.5) is 0 Å². The molecular weight excluding hydrogens is 348 g/mol. The predicted molar refractivity (Wildman–Crippen MR) is 100 cm³/mol. The SMILES string of the molecule is CCOC(=O)c1cnn(-c2nc(-c3ccccc3)cs2)c1CNC1CC1. The average molecular weight is 368 g/mol. The smallest absolute Gasteiger partial charge is 0.341 e. The Kier molecular flexibility index (Phi) is 4.81. The van der Waals surface area contributed by atoms with Crippen molar-refractivity contribution in [3.8, 4) is 16.4 Å². The maximum atomic E-state index is 12.3. The lowest BCUT2D eigenvalue weighted by molar-refractivity contribution is 0.0525. The van der Waals surface area contributed by atoms with E-state index in [0.29, 0.717) is 24.8 Å². The van der Waals surface area contributed by atoms with Crippen LogP contribution in [0.2, 0.25) is 0 Å². The highest BCUT2D eigenvalue weighted by molar-refractivity contribution is 7.12. The first kappa shape index (κ1) is 16.9. The molecule has 0 atom stereocenters. The van der Waals surface area contributed by atoms with Crippen LogP contribution in [0.15, 0.2) is 41.9 Å². The van der Waals surface area contributed by atoms with Gasteiger partial charge in [0.25, 0.3) is 0 Å². The van der Waals surface area contributed by atoms with Crippen LogP contribution < -0.4 is 5.32 Å². The van der Waals surface area contributed by atoms with Crippen molar-refractivity contribution < 1.29 is 9.53 Å². The Morgan fingerprint density at radius 2 is 2.15 bits per heavy atom. The Morgan fingerprint density at radius 3 is 2.88 bits per heavy atom. The molecule has 0 radical (unpaired) electrons. The van der Waals surface area contributed by atoms with E-state index in [4.69, 9.17) is 9.72 Å². The fourth-order valence-electron chi connectivity index (χ4n) is 2.72. The molecule has 0 aliphatic heterocycles. The lowest BCUT2D eigenvalue weighted by atomic mass is 10.2. The molecule has 1 aliphatic carbocycles. The quantitative estimate of drug-likeness (QED) is 0.647. The van der Waals surface area contributed by atoms with Crippen molar-refractivity contribution in [2.24, 2.45) is 0 Å². The van der Waals surface area contributed by atoms with Gasteiger partial charge in [0.1, 0.15) is 5.56 Å². The fourth-order valence-corrected chi connectivity index (χ4v) is 3.53. The molecule has 1 saturated carbocycles. The number of nitrogens with zero attached hydrogens (tertiary/aromatic N) is 3. The zero-order valence-electron chi connectivity index (χ0n) is 14.5. The number of nitrogens with one attached hydrogen (secondary N) is 1. The van der Waals surface area contributed by atoms with Gasteiger partial charge in [-0.15, -0.1) is 11.3 Å². The lowest BCUT2D eigenvalue weighted by Gasteiger charge is -2.08. The maximum absolute atomic E-state index is 12.3. The largest absolute Gasteiger partial charge is 0.462 e. The molecule has 26 heavy (non-hydrogen) atoms. The number of hydrogen-bond acceptors (Lipinski definition) is 6. The molecule has 0 bridgehead atoms. The maximum Gasteiger partial charge on any atom is 0.341 e. The van der Waals surface area contributed by atoms with Gasteiger partial charge < -0.3 is 10.1 Å². The van der Waals surface area contributed by atoms with E-state index in [9.17, 15) is 4.79 Å². The van der Waals surface area contributed by atoms with E-state index in [0.717, 1.165) is 22.1 Å². The normalized spacial score (nSPS) is 13.7.